The molecule has 0 aliphatic heterocycles. The average molecular weight is 415 g/mol. The summed E-state index contributed by atoms with van der Waals surface area (Å²) in [6, 6.07) is -0.276. The Morgan fingerprint density at radius 3 is 1.82 bits per heavy atom. The largest absolute Gasteiger partial charge is 0.416 e. The van der Waals surface area contributed by atoms with Gasteiger partial charge >= 0.3 is 12.4 Å². The molecule has 1 aromatic rings. The molecule has 2 amide bonds. The van der Waals surface area contributed by atoms with Gasteiger partial charge in [0.05, 0.1) is 29.8 Å². The number of alkyl halides is 6. The van der Waals surface area contributed by atoms with Gasteiger partial charge in [0.1, 0.15) is 6.04 Å². The molecule has 0 spiro atoms. The molecule has 0 aliphatic carbocycles. The van der Waals surface area contributed by atoms with E-state index in [1.807, 2.05) is 0 Å². The fourth-order valence-electron chi connectivity index (χ4n) is 2.16. The van der Waals surface area contributed by atoms with Crippen LogP contribution in [0.4, 0.5) is 26.3 Å². The van der Waals surface area contributed by atoms with Crippen LogP contribution in [0.3, 0.4) is 0 Å². The van der Waals surface area contributed by atoms with Crippen LogP contribution < -0.4 is 16.4 Å². The van der Waals surface area contributed by atoms with Crippen molar-refractivity contribution in [2.45, 2.75) is 37.8 Å². The summed E-state index contributed by atoms with van der Waals surface area (Å²) in [5.41, 5.74) is 0.153. The van der Waals surface area contributed by atoms with Gasteiger partial charge in [-0.1, -0.05) is 0 Å². The van der Waals surface area contributed by atoms with Crippen LogP contribution in [-0.4, -0.2) is 36.1 Å². The Bertz CT molecular complexity index is 699. The van der Waals surface area contributed by atoms with E-state index in [1.165, 1.54) is 13.8 Å². The van der Waals surface area contributed by atoms with Gasteiger partial charge in [0.15, 0.2) is 0 Å². The minimum Gasteiger partial charge on any atom is -0.394 e. The van der Waals surface area contributed by atoms with Crippen LogP contribution in [0.5, 0.6) is 0 Å². The fraction of sp³-hybridized carbons (Fsp3) is 0.500. The summed E-state index contributed by atoms with van der Waals surface area (Å²) in [6.07, 6.45) is -10.0. The second-order valence-electron chi connectivity index (χ2n) is 6.47. The van der Waals surface area contributed by atoms with Crippen molar-refractivity contribution >= 4 is 11.8 Å². The van der Waals surface area contributed by atoms with E-state index in [0.29, 0.717) is 12.1 Å². The van der Waals surface area contributed by atoms with Crippen LogP contribution in [0.15, 0.2) is 18.2 Å². The molecule has 0 heterocycles. The van der Waals surface area contributed by atoms with Crippen LogP contribution in [0.25, 0.3) is 0 Å². The lowest BCUT2D eigenvalue weighted by atomic mass is 9.90. The van der Waals surface area contributed by atoms with E-state index in [9.17, 15) is 35.9 Å². The highest BCUT2D eigenvalue weighted by molar-refractivity contribution is 5.87. The maximum Gasteiger partial charge on any atom is 0.416 e. The number of carbonyl (C=O) groups is 2. The van der Waals surface area contributed by atoms with Gasteiger partial charge in [0.2, 0.25) is 11.8 Å². The van der Waals surface area contributed by atoms with Crippen LogP contribution >= 0.6 is 0 Å². The molecule has 6 nitrogen and oxygen atoms in total. The second-order valence-corrected chi connectivity index (χ2v) is 6.47. The maximum atomic E-state index is 13.0. The Kier molecular flexibility index (Phi) is 7.07. The Hall–Kier alpha value is -2.34. The lowest BCUT2D eigenvalue weighted by Gasteiger charge is -2.29. The van der Waals surface area contributed by atoms with Crippen LogP contribution in [-0.2, 0) is 27.5 Å². The maximum absolute atomic E-state index is 13.0. The quantitative estimate of drug-likeness (QED) is 0.529. The minimum absolute atomic E-state index is 0.0160. The Labute approximate surface area is 156 Å². The number of hydrogen-bond donors (Lipinski definition) is 4. The van der Waals surface area contributed by atoms with Crippen molar-refractivity contribution < 1.29 is 41.0 Å². The lowest BCUT2D eigenvalue weighted by molar-refractivity contribution is -0.143. The predicted octanol–water partition coefficient (Wildman–Crippen LogP) is 1.51. The molecule has 158 valence electrons. The standard InChI is InChI=1S/C16H19F6N3O3/c1-14(2,25-12(27)6-24-13(28)11(23)7-26)8-3-9(15(17,18)19)5-10(4-8)16(20,21)22/h3-5,11,26H,6-7,23H2,1-2H3,(H,24,28)(H,25,27). The SMILES string of the molecule is CC(C)(NC(=O)CNC(=O)C(N)CO)c1cc(C(F)(F)F)cc(C(F)(F)F)c1. The van der Waals surface area contributed by atoms with Crippen molar-refractivity contribution in [1.82, 2.24) is 10.6 Å². The summed E-state index contributed by atoms with van der Waals surface area (Å²) in [7, 11) is 0. The summed E-state index contributed by atoms with van der Waals surface area (Å²) >= 11 is 0. The van der Waals surface area contributed by atoms with E-state index in [1.54, 1.807) is 0 Å². The van der Waals surface area contributed by atoms with E-state index >= 15 is 0 Å². The first-order valence-electron chi connectivity index (χ1n) is 7.83. The van der Waals surface area contributed by atoms with Crippen molar-refractivity contribution in [3.63, 3.8) is 0 Å². The first kappa shape index (κ1) is 23.7. The topological polar surface area (TPSA) is 104 Å². The summed E-state index contributed by atoms with van der Waals surface area (Å²) < 4.78 is 77.8. The third-order valence-corrected chi connectivity index (χ3v) is 3.72. The molecule has 0 aliphatic rings. The van der Waals surface area contributed by atoms with Crippen LogP contribution in [0, 0.1) is 0 Å². The Morgan fingerprint density at radius 1 is 1.00 bits per heavy atom. The monoisotopic (exact) mass is 415 g/mol. The first-order valence-corrected chi connectivity index (χ1v) is 7.83. The summed E-state index contributed by atoms with van der Waals surface area (Å²) in [5, 5.41) is 13.1. The third kappa shape index (κ3) is 6.37. The molecule has 0 saturated heterocycles. The molecule has 0 fully saturated rings. The van der Waals surface area contributed by atoms with E-state index in [2.05, 4.69) is 10.6 Å². The van der Waals surface area contributed by atoms with Crippen molar-refractivity contribution in [2.75, 3.05) is 13.2 Å². The molecular weight excluding hydrogens is 396 g/mol. The molecule has 0 aromatic heterocycles. The zero-order valence-corrected chi connectivity index (χ0v) is 14.8. The number of rotatable bonds is 6. The number of nitrogens with one attached hydrogen (secondary N) is 2. The summed E-state index contributed by atoms with van der Waals surface area (Å²) in [4.78, 5) is 23.3. The number of amides is 2. The van der Waals surface area contributed by atoms with Crippen molar-refractivity contribution in [1.29, 1.82) is 0 Å². The van der Waals surface area contributed by atoms with Gasteiger partial charge in [-0.05, 0) is 37.6 Å². The van der Waals surface area contributed by atoms with Gasteiger partial charge in [-0.25, -0.2) is 0 Å². The molecule has 0 saturated carbocycles. The Balaban J connectivity index is 3.09. The highest BCUT2D eigenvalue weighted by Gasteiger charge is 2.38. The molecule has 1 aromatic carbocycles. The zero-order chi connectivity index (χ0) is 21.9. The second kappa shape index (κ2) is 8.35. The summed E-state index contributed by atoms with van der Waals surface area (Å²) in [6.45, 7) is 1.11. The highest BCUT2D eigenvalue weighted by Crippen LogP contribution is 2.38. The smallest absolute Gasteiger partial charge is 0.394 e. The minimum atomic E-state index is -5.02. The van der Waals surface area contributed by atoms with E-state index in [0.717, 1.165) is 0 Å². The fourth-order valence-corrected chi connectivity index (χ4v) is 2.16. The molecule has 1 rings (SSSR count). The molecular formula is C16H19F6N3O3. The number of aliphatic hydroxyl groups excluding tert-OH is 1. The summed E-state index contributed by atoms with van der Waals surface area (Å²) in [5.74, 6) is -1.73. The average Bonchev–Trinajstić information content (AvgIpc) is 2.56. The van der Waals surface area contributed by atoms with Crippen LogP contribution in [0.1, 0.15) is 30.5 Å². The number of nitrogens with two attached hydrogens (primary N) is 1. The van der Waals surface area contributed by atoms with Crippen molar-refractivity contribution in [3.8, 4) is 0 Å². The molecule has 0 bridgehead atoms. The number of aliphatic hydroxyl groups is 1. The normalized spacial score (nSPS) is 13.8. The van der Waals surface area contributed by atoms with Crippen molar-refractivity contribution in [3.05, 3.63) is 34.9 Å². The lowest BCUT2D eigenvalue weighted by Crippen LogP contribution is -2.49. The zero-order valence-electron chi connectivity index (χ0n) is 14.8. The van der Waals surface area contributed by atoms with E-state index in [-0.39, 0.29) is 6.07 Å². The predicted molar refractivity (Wildman–Crippen MR) is 85.7 cm³/mol. The van der Waals surface area contributed by atoms with Gasteiger partial charge < -0.3 is 21.5 Å². The van der Waals surface area contributed by atoms with Crippen LogP contribution in [0.2, 0.25) is 0 Å². The Morgan fingerprint density at radius 2 is 1.43 bits per heavy atom. The van der Waals surface area contributed by atoms with Gasteiger partial charge in [0, 0.05) is 0 Å². The first-order chi connectivity index (χ1) is 12.6. The number of carbonyl (C=O) groups excluding carboxylic acids is 2. The number of hydrogen-bond acceptors (Lipinski definition) is 4. The van der Waals surface area contributed by atoms with Gasteiger partial charge in [-0.2, -0.15) is 26.3 Å². The van der Waals surface area contributed by atoms with E-state index < -0.39 is 65.6 Å². The molecule has 28 heavy (non-hydrogen) atoms. The highest BCUT2D eigenvalue weighted by atomic mass is 19.4. The van der Waals surface area contributed by atoms with Gasteiger partial charge in [0.25, 0.3) is 0 Å². The third-order valence-electron chi connectivity index (χ3n) is 3.72. The van der Waals surface area contributed by atoms with Gasteiger partial charge in [-0.15, -0.1) is 0 Å². The van der Waals surface area contributed by atoms with E-state index in [4.69, 9.17) is 10.8 Å². The number of halogens is 6. The molecule has 1 unspecified atom stereocenters. The molecule has 0 radical (unpaired) electrons. The number of benzene rings is 1. The van der Waals surface area contributed by atoms with Gasteiger partial charge in [-0.3, -0.25) is 9.59 Å². The molecule has 1 atom stereocenters. The van der Waals surface area contributed by atoms with Crippen molar-refractivity contribution in [2.24, 2.45) is 5.73 Å². The molecule has 12 heteroatoms. The molecule has 5 N–H and O–H groups in total.